The van der Waals surface area contributed by atoms with Crippen LogP contribution in [0, 0.1) is 6.92 Å². The van der Waals surface area contributed by atoms with Crippen molar-refractivity contribution in [2.45, 2.75) is 31.2 Å². The summed E-state index contributed by atoms with van der Waals surface area (Å²) in [5.74, 6) is 0. The number of rotatable bonds is 4. The van der Waals surface area contributed by atoms with Crippen LogP contribution >= 0.6 is 11.3 Å². The summed E-state index contributed by atoms with van der Waals surface area (Å²) in [5, 5.41) is 2.69. The monoisotopic (exact) mass is 337 g/mol. The van der Waals surface area contributed by atoms with Gasteiger partial charge in [-0.2, -0.15) is 0 Å². The number of hydrogen-bond acceptors (Lipinski definition) is 5. The van der Waals surface area contributed by atoms with Gasteiger partial charge in [0.1, 0.15) is 5.01 Å². The van der Waals surface area contributed by atoms with Crippen LogP contribution in [0.25, 0.3) is 0 Å². The van der Waals surface area contributed by atoms with E-state index in [1.54, 1.807) is 12.1 Å². The van der Waals surface area contributed by atoms with Crippen LogP contribution in [0.4, 0.5) is 5.69 Å². The van der Waals surface area contributed by atoms with E-state index in [4.69, 9.17) is 0 Å². The number of aromatic nitrogens is 1. The molecule has 0 fully saturated rings. The Bertz CT molecular complexity index is 784. The molecule has 0 radical (unpaired) electrons. The maximum atomic E-state index is 12.5. The van der Waals surface area contributed by atoms with E-state index in [9.17, 15) is 8.42 Å². The molecule has 0 unspecified atom stereocenters. The molecule has 1 N–H and O–H groups in total. The third kappa shape index (κ3) is 3.16. The van der Waals surface area contributed by atoms with Gasteiger partial charge in [-0.25, -0.2) is 18.1 Å². The van der Waals surface area contributed by atoms with Gasteiger partial charge in [-0.3, -0.25) is 0 Å². The summed E-state index contributed by atoms with van der Waals surface area (Å²) < 4.78 is 27.5. The summed E-state index contributed by atoms with van der Waals surface area (Å²) in [4.78, 5) is 6.70. The van der Waals surface area contributed by atoms with Crippen LogP contribution in [-0.4, -0.2) is 27.0 Å². The van der Waals surface area contributed by atoms with Crippen LogP contribution in [0.2, 0.25) is 0 Å². The number of nitrogens with zero attached hydrogens (tertiary/aromatic N) is 2. The van der Waals surface area contributed by atoms with Gasteiger partial charge >= 0.3 is 0 Å². The topological polar surface area (TPSA) is 62.3 Å². The Morgan fingerprint density at radius 3 is 2.95 bits per heavy atom. The zero-order valence-corrected chi connectivity index (χ0v) is 14.3. The molecule has 0 bridgehead atoms. The molecule has 2 heterocycles. The van der Waals surface area contributed by atoms with Gasteiger partial charge in [-0.15, -0.1) is 11.3 Å². The predicted octanol–water partition coefficient (Wildman–Crippen LogP) is 2.31. The third-order valence-electron chi connectivity index (χ3n) is 3.80. The van der Waals surface area contributed by atoms with Gasteiger partial charge in [-0.1, -0.05) is 6.07 Å². The first kappa shape index (κ1) is 15.5. The molecule has 0 atom stereocenters. The van der Waals surface area contributed by atoms with Crippen LogP contribution in [0.5, 0.6) is 0 Å². The van der Waals surface area contributed by atoms with Gasteiger partial charge in [0.05, 0.1) is 11.4 Å². The average Bonchev–Trinajstić information content (AvgIpc) is 2.91. The Morgan fingerprint density at radius 2 is 2.23 bits per heavy atom. The lowest BCUT2D eigenvalue weighted by molar-refractivity contribution is 0.581. The first-order valence-electron chi connectivity index (χ1n) is 7.20. The van der Waals surface area contributed by atoms with Crippen molar-refractivity contribution < 1.29 is 8.42 Å². The van der Waals surface area contributed by atoms with Gasteiger partial charge in [-0.05, 0) is 37.5 Å². The third-order valence-corrected chi connectivity index (χ3v) is 6.16. The first-order chi connectivity index (χ1) is 10.5. The number of fused-ring (bicyclic) bond motifs is 1. The molecule has 1 aliphatic rings. The highest BCUT2D eigenvalue weighted by Crippen LogP contribution is 2.28. The Labute approximate surface area is 135 Å². The molecule has 118 valence electrons. The van der Waals surface area contributed by atoms with E-state index in [2.05, 4.69) is 14.6 Å². The molecule has 0 amide bonds. The Morgan fingerprint density at radius 1 is 1.41 bits per heavy atom. The van der Waals surface area contributed by atoms with Crippen molar-refractivity contribution in [2.24, 2.45) is 0 Å². The number of nitrogens with one attached hydrogen (secondary N) is 1. The molecule has 5 nitrogen and oxygen atoms in total. The van der Waals surface area contributed by atoms with Crippen molar-refractivity contribution in [2.75, 3.05) is 18.5 Å². The van der Waals surface area contributed by atoms with E-state index in [-0.39, 0.29) is 6.54 Å². The maximum Gasteiger partial charge on any atom is 0.241 e. The molecular weight excluding hydrogens is 318 g/mol. The largest absolute Gasteiger partial charge is 0.374 e. The van der Waals surface area contributed by atoms with E-state index in [0.717, 1.165) is 35.8 Å². The highest BCUT2D eigenvalue weighted by molar-refractivity contribution is 7.89. The van der Waals surface area contributed by atoms with Crippen LogP contribution in [0.1, 0.15) is 22.7 Å². The van der Waals surface area contributed by atoms with Crippen LogP contribution in [0.15, 0.2) is 28.5 Å². The quantitative estimate of drug-likeness (QED) is 0.930. The summed E-state index contributed by atoms with van der Waals surface area (Å²) >= 11 is 1.46. The molecular formula is C15H19N3O2S2. The number of anilines is 1. The normalized spacial score (nSPS) is 14.9. The van der Waals surface area contributed by atoms with Crippen LogP contribution < -0.4 is 9.62 Å². The minimum atomic E-state index is -3.52. The number of sulfonamides is 1. The molecule has 3 rings (SSSR count). The summed E-state index contributed by atoms with van der Waals surface area (Å²) in [6, 6.07) is 5.38. The lowest BCUT2D eigenvalue weighted by Crippen LogP contribution is -2.27. The van der Waals surface area contributed by atoms with E-state index in [0.29, 0.717) is 4.90 Å². The Kier molecular flexibility index (Phi) is 4.20. The number of thiazole rings is 1. The number of benzene rings is 1. The number of aryl methyl sites for hydroxylation is 2. The van der Waals surface area contributed by atoms with E-state index in [1.165, 1.54) is 16.9 Å². The van der Waals surface area contributed by atoms with Crippen LogP contribution in [-0.2, 0) is 23.0 Å². The average molecular weight is 337 g/mol. The van der Waals surface area contributed by atoms with Crippen molar-refractivity contribution in [1.82, 2.24) is 9.71 Å². The van der Waals surface area contributed by atoms with Gasteiger partial charge in [0.2, 0.25) is 10.0 Å². The molecule has 0 saturated carbocycles. The lowest BCUT2D eigenvalue weighted by atomic mass is 10.0. The molecule has 22 heavy (non-hydrogen) atoms. The summed E-state index contributed by atoms with van der Waals surface area (Å²) in [7, 11) is -1.52. The van der Waals surface area contributed by atoms with E-state index in [1.807, 2.05) is 25.4 Å². The van der Waals surface area contributed by atoms with Gasteiger partial charge in [0.15, 0.2) is 0 Å². The molecule has 7 heteroatoms. The second-order valence-electron chi connectivity index (χ2n) is 5.52. The Balaban J connectivity index is 1.81. The summed E-state index contributed by atoms with van der Waals surface area (Å²) in [6.07, 6.45) is 2.11. The number of hydrogen-bond donors (Lipinski definition) is 1. The van der Waals surface area contributed by atoms with Crippen molar-refractivity contribution in [3.05, 3.63) is 39.8 Å². The van der Waals surface area contributed by atoms with Crippen molar-refractivity contribution >= 4 is 27.0 Å². The van der Waals surface area contributed by atoms with E-state index >= 15 is 0 Å². The molecule has 0 spiro atoms. The van der Waals surface area contributed by atoms with Crippen molar-refractivity contribution in [1.29, 1.82) is 0 Å². The minimum Gasteiger partial charge on any atom is -0.374 e. The summed E-state index contributed by atoms with van der Waals surface area (Å²) in [5.41, 5.74) is 3.14. The maximum absolute atomic E-state index is 12.5. The smallest absolute Gasteiger partial charge is 0.241 e. The van der Waals surface area contributed by atoms with E-state index < -0.39 is 10.0 Å². The first-order valence-corrected chi connectivity index (χ1v) is 9.57. The highest BCUT2D eigenvalue weighted by atomic mass is 32.2. The zero-order chi connectivity index (χ0) is 15.7. The second kappa shape index (κ2) is 5.98. The molecule has 0 saturated heterocycles. The standard InChI is InChI=1S/C15H19N3O2S2/c1-11-10-21-15(17-11)9-16-22(19,20)13-6-5-12-4-3-7-18(2)14(12)8-13/h5-6,8,10,16H,3-4,7,9H2,1-2H3. The second-order valence-corrected chi connectivity index (χ2v) is 8.23. The van der Waals surface area contributed by atoms with Crippen molar-refractivity contribution in [3.63, 3.8) is 0 Å². The predicted molar refractivity (Wildman–Crippen MR) is 88.9 cm³/mol. The van der Waals surface area contributed by atoms with Gasteiger partial charge < -0.3 is 4.90 Å². The zero-order valence-electron chi connectivity index (χ0n) is 12.7. The van der Waals surface area contributed by atoms with Gasteiger partial charge in [0.25, 0.3) is 0 Å². The highest BCUT2D eigenvalue weighted by Gasteiger charge is 2.20. The SMILES string of the molecule is Cc1csc(CNS(=O)(=O)c2ccc3c(c2)N(C)CCC3)n1. The minimum absolute atomic E-state index is 0.230. The molecule has 2 aromatic rings. The Hall–Kier alpha value is -1.44. The molecule has 1 aliphatic heterocycles. The summed E-state index contributed by atoms with van der Waals surface area (Å²) in [6.45, 7) is 3.09. The molecule has 1 aromatic carbocycles. The fourth-order valence-electron chi connectivity index (χ4n) is 2.63. The van der Waals surface area contributed by atoms with Gasteiger partial charge in [0, 0.05) is 30.4 Å². The fourth-order valence-corrected chi connectivity index (χ4v) is 4.44. The van der Waals surface area contributed by atoms with Crippen LogP contribution in [0.3, 0.4) is 0 Å². The molecule has 1 aromatic heterocycles. The molecule has 0 aliphatic carbocycles. The van der Waals surface area contributed by atoms with Crippen molar-refractivity contribution in [3.8, 4) is 0 Å². The lowest BCUT2D eigenvalue weighted by Gasteiger charge is -2.27. The fraction of sp³-hybridized carbons (Fsp3) is 0.400.